The van der Waals surface area contributed by atoms with Crippen molar-refractivity contribution in [3.05, 3.63) is 35.4 Å². The fourth-order valence-corrected chi connectivity index (χ4v) is 4.07. The maximum absolute atomic E-state index is 12.8. The summed E-state index contributed by atoms with van der Waals surface area (Å²) < 4.78 is 38.4. The lowest BCUT2D eigenvalue weighted by molar-refractivity contribution is -0.182. The van der Waals surface area contributed by atoms with Gasteiger partial charge in [0, 0.05) is 39.1 Å². The molecule has 1 aliphatic heterocycles. The molecule has 1 saturated carbocycles. The fourth-order valence-electron chi connectivity index (χ4n) is 4.07. The number of amides is 1. The molecule has 2 aliphatic rings. The Bertz CT molecular complexity index is 727. The first kappa shape index (κ1) is 21.5. The van der Waals surface area contributed by atoms with Crippen LogP contribution >= 0.6 is 0 Å². The number of alkyl halides is 3. The van der Waals surface area contributed by atoms with E-state index in [-0.39, 0.29) is 24.8 Å². The van der Waals surface area contributed by atoms with Crippen LogP contribution in [0.5, 0.6) is 0 Å². The summed E-state index contributed by atoms with van der Waals surface area (Å²) in [5, 5.41) is 6.49. The van der Waals surface area contributed by atoms with Crippen molar-refractivity contribution in [2.24, 2.45) is 10.9 Å². The predicted octanol–water partition coefficient (Wildman–Crippen LogP) is 3.60. The summed E-state index contributed by atoms with van der Waals surface area (Å²) in [7, 11) is 1.66. The van der Waals surface area contributed by atoms with Gasteiger partial charge in [0.05, 0.1) is 5.92 Å². The quantitative estimate of drug-likeness (QED) is 0.576. The van der Waals surface area contributed by atoms with Crippen LogP contribution in [0.15, 0.2) is 29.3 Å². The highest BCUT2D eigenvalue weighted by atomic mass is 19.4. The minimum absolute atomic E-state index is 0.00677. The van der Waals surface area contributed by atoms with Crippen LogP contribution in [-0.2, 0) is 17.9 Å². The number of guanidine groups is 1. The molecule has 2 fully saturated rings. The average molecular weight is 410 g/mol. The maximum Gasteiger partial charge on any atom is 0.391 e. The molecule has 0 radical (unpaired) electrons. The topological polar surface area (TPSA) is 56.7 Å². The minimum atomic E-state index is -4.09. The lowest BCUT2D eigenvalue weighted by Gasteiger charge is -2.31. The Kier molecular flexibility index (Phi) is 7.03. The average Bonchev–Trinajstić information content (AvgIpc) is 3.09. The number of hydrogen-bond acceptors (Lipinski definition) is 2. The van der Waals surface area contributed by atoms with Crippen molar-refractivity contribution < 1.29 is 18.0 Å². The second-order valence-corrected chi connectivity index (χ2v) is 7.90. The first-order valence-electron chi connectivity index (χ1n) is 10.2. The summed E-state index contributed by atoms with van der Waals surface area (Å²) in [4.78, 5) is 17.9. The Morgan fingerprint density at radius 2 is 1.93 bits per heavy atom. The Labute approximate surface area is 169 Å². The molecule has 1 aliphatic carbocycles. The van der Waals surface area contributed by atoms with E-state index in [4.69, 9.17) is 0 Å². The Hall–Kier alpha value is -2.25. The van der Waals surface area contributed by atoms with Gasteiger partial charge in [-0.05, 0) is 43.2 Å². The molecule has 0 spiro atoms. The van der Waals surface area contributed by atoms with Crippen molar-refractivity contribution in [1.82, 2.24) is 15.5 Å². The number of rotatable bonds is 5. The van der Waals surface area contributed by atoms with Gasteiger partial charge in [0.1, 0.15) is 0 Å². The molecule has 160 valence electrons. The molecule has 0 aromatic heterocycles. The normalized spacial score (nSPS) is 23.4. The standard InChI is InChI=1S/C21H29F3N4O/c1-25-20(27-18-9-7-17(8-10-18)21(22,23)24)26-13-15-4-2-5-16(12-15)14-28-11-3-6-19(28)29/h2,4-5,12,17-18H,3,6-11,13-14H2,1H3,(H2,25,26,27). The molecule has 1 aromatic rings. The van der Waals surface area contributed by atoms with Crippen molar-refractivity contribution in [2.75, 3.05) is 13.6 Å². The predicted molar refractivity (Wildman–Crippen MR) is 106 cm³/mol. The molecule has 29 heavy (non-hydrogen) atoms. The van der Waals surface area contributed by atoms with Gasteiger partial charge in [0.15, 0.2) is 5.96 Å². The molecule has 3 rings (SSSR count). The lowest BCUT2D eigenvalue weighted by atomic mass is 9.85. The molecule has 1 amide bonds. The van der Waals surface area contributed by atoms with E-state index in [2.05, 4.69) is 21.7 Å². The molecule has 0 bridgehead atoms. The number of hydrogen-bond donors (Lipinski definition) is 2. The third-order valence-corrected chi connectivity index (χ3v) is 5.75. The number of aliphatic imine (C=N–C) groups is 1. The van der Waals surface area contributed by atoms with Gasteiger partial charge < -0.3 is 15.5 Å². The van der Waals surface area contributed by atoms with Gasteiger partial charge in [0.2, 0.25) is 5.91 Å². The highest BCUT2D eigenvalue weighted by Gasteiger charge is 2.41. The van der Waals surface area contributed by atoms with Gasteiger partial charge in [0.25, 0.3) is 0 Å². The number of nitrogens with one attached hydrogen (secondary N) is 2. The van der Waals surface area contributed by atoms with Crippen LogP contribution in [0.4, 0.5) is 13.2 Å². The summed E-state index contributed by atoms with van der Waals surface area (Å²) in [6.45, 7) is 2.00. The monoisotopic (exact) mass is 410 g/mol. The number of nitrogens with zero attached hydrogens (tertiary/aromatic N) is 2. The zero-order chi connectivity index (χ0) is 20.9. The van der Waals surface area contributed by atoms with Crippen LogP contribution in [0.3, 0.4) is 0 Å². The number of carbonyl (C=O) groups is 1. The van der Waals surface area contributed by atoms with Crippen molar-refractivity contribution in [3.8, 4) is 0 Å². The number of halogens is 3. The lowest BCUT2D eigenvalue weighted by Crippen LogP contribution is -2.45. The third-order valence-electron chi connectivity index (χ3n) is 5.75. The first-order valence-corrected chi connectivity index (χ1v) is 10.2. The summed E-state index contributed by atoms with van der Waals surface area (Å²) in [6, 6.07) is 8.07. The Balaban J connectivity index is 1.47. The molecule has 1 heterocycles. The zero-order valence-electron chi connectivity index (χ0n) is 16.8. The SMILES string of the molecule is CN=C(NCc1cccc(CN2CCCC2=O)c1)NC1CCC(C(F)(F)F)CC1. The van der Waals surface area contributed by atoms with Crippen molar-refractivity contribution in [2.45, 2.75) is 63.8 Å². The maximum atomic E-state index is 12.8. The zero-order valence-corrected chi connectivity index (χ0v) is 16.8. The van der Waals surface area contributed by atoms with Crippen molar-refractivity contribution >= 4 is 11.9 Å². The van der Waals surface area contributed by atoms with Crippen LogP contribution in [0.25, 0.3) is 0 Å². The second-order valence-electron chi connectivity index (χ2n) is 7.90. The third kappa shape index (κ3) is 6.11. The molecule has 0 atom stereocenters. The van der Waals surface area contributed by atoms with Gasteiger partial charge in [-0.25, -0.2) is 0 Å². The van der Waals surface area contributed by atoms with Gasteiger partial charge >= 0.3 is 6.18 Å². The van der Waals surface area contributed by atoms with E-state index in [0.717, 1.165) is 24.1 Å². The van der Waals surface area contributed by atoms with Gasteiger partial charge in [-0.2, -0.15) is 13.2 Å². The van der Waals surface area contributed by atoms with Crippen LogP contribution in [0, 0.1) is 5.92 Å². The molecule has 8 heteroatoms. The van der Waals surface area contributed by atoms with E-state index in [0.29, 0.717) is 38.3 Å². The van der Waals surface area contributed by atoms with E-state index in [1.165, 1.54) is 0 Å². The van der Waals surface area contributed by atoms with E-state index in [9.17, 15) is 18.0 Å². The van der Waals surface area contributed by atoms with Crippen molar-refractivity contribution in [3.63, 3.8) is 0 Å². The highest BCUT2D eigenvalue weighted by molar-refractivity contribution is 5.80. The number of likely N-dealkylation sites (tertiary alicyclic amines) is 1. The second kappa shape index (κ2) is 9.50. The fraction of sp³-hybridized carbons (Fsp3) is 0.619. The summed E-state index contributed by atoms with van der Waals surface area (Å²) in [6.07, 6.45) is -1.23. The highest BCUT2D eigenvalue weighted by Crippen LogP contribution is 2.37. The number of benzene rings is 1. The molecule has 1 saturated heterocycles. The molecule has 5 nitrogen and oxygen atoms in total. The summed E-state index contributed by atoms with van der Waals surface area (Å²) in [5.41, 5.74) is 2.16. The van der Waals surface area contributed by atoms with Gasteiger partial charge in [-0.15, -0.1) is 0 Å². The first-order chi connectivity index (χ1) is 13.8. The Morgan fingerprint density at radius 3 is 2.55 bits per heavy atom. The Morgan fingerprint density at radius 1 is 1.21 bits per heavy atom. The van der Waals surface area contributed by atoms with Crippen molar-refractivity contribution in [1.29, 1.82) is 0 Å². The van der Waals surface area contributed by atoms with E-state index >= 15 is 0 Å². The largest absolute Gasteiger partial charge is 0.391 e. The molecular formula is C21H29F3N4O. The van der Waals surface area contributed by atoms with E-state index in [1.807, 2.05) is 23.1 Å². The smallest absolute Gasteiger partial charge is 0.354 e. The van der Waals surface area contributed by atoms with Crippen LogP contribution in [-0.4, -0.2) is 42.6 Å². The van der Waals surface area contributed by atoms with Crippen LogP contribution in [0.2, 0.25) is 0 Å². The van der Waals surface area contributed by atoms with E-state index in [1.54, 1.807) is 7.05 Å². The molecule has 0 unspecified atom stereocenters. The van der Waals surface area contributed by atoms with Gasteiger partial charge in [-0.3, -0.25) is 9.79 Å². The summed E-state index contributed by atoms with van der Waals surface area (Å²) >= 11 is 0. The van der Waals surface area contributed by atoms with Gasteiger partial charge in [-0.1, -0.05) is 24.3 Å². The molecule has 1 aromatic carbocycles. The van der Waals surface area contributed by atoms with Crippen LogP contribution in [0.1, 0.15) is 49.7 Å². The summed E-state index contributed by atoms with van der Waals surface area (Å²) in [5.74, 6) is -0.375. The minimum Gasteiger partial charge on any atom is -0.354 e. The molecule has 2 N–H and O–H groups in total. The number of carbonyl (C=O) groups excluding carboxylic acids is 1. The van der Waals surface area contributed by atoms with Crippen LogP contribution < -0.4 is 10.6 Å². The molecular weight excluding hydrogens is 381 g/mol. The van der Waals surface area contributed by atoms with E-state index < -0.39 is 12.1 Å².